The van der Waals surface area contributed by atoms with Crippen LogP contribution in [0.15, 0.2) is 23.7 Å². The van der Waals surface area contributed by atoms with Gasteiger partial charge in [-0.25, -0.2) is 4.98 Å². The van der Waals surface area contributed by atoms with Crippen molar-refractivity contribution in [2.75, 3.05) is 0 Å². The molecule has 5 heteroatoms. The van der Waals surface area contributed by atoms with Gasteiger partial charge in [0, 0.05) is 17.6 Å². The first-order chi connectivity index (χ1) is 7.25. The minimum atomic E-state index is -0.0695. The van der Waals surface area contributed by atoms with E-state index in [9.17, 15) is 4.79 Å². The predicted molar refractivity (Wildman–Crippen MR) is 59.2 cm³/mol. The summed E-state index contributed by atoms with van der Waals surface area (Å²) in [5.74, 6) is -0.0330. The lowest BCUT2D eigenvalue weighted by Gasteiger charge is -2.08. The fourth-order valence-electron chi connectivity index (χ4n) is 1.56. The summed E-state index contributed by atoms with van der Waals surface area (Å²) < 4.78 is 0. The van der Waals surface area contributed by atoms with Gasteiger partial charge in [-0.2, -0.15) is 0 Å². The Labute approximate surface area is 92.2 Å². The maximum Gasteiger partial charge on any atom is 0.227 e. The normalized spacial score (nSPS) is 24.3. The predicted octanol–water partition coefficient (Wildman–Crippen LogP) is 0.663. The van der Waals surface area contributed by atoms with E-state index in [1.165, 1.54) is 11.3 Å². The average Bonchev–Trinajstić information content (AvgIpc) is 2.84. The van der Waals surface area contributed by atoms with E-state index >= 15 is 0 Å². The minimum absolute atomic E-state index is 0.0283. The highest BCUT2D eigenvalue weighted by atomic mass is 32.1. The van der Waals surface area contributed by atoms with Gasteiger partial charge in [0.25, 0.3) is 0 Å². The van der Waals surface area contributed by atoms with Gasteiger partial charge >= 0.3 is 0 Å². The van der Waals surface area contributed by atoms with Crippen molar-refractivity contribution in [3.63, 3.8) is 0 Å². The van der Waals surface area contributed by atoms with Gasteiger partial charge in [0.1, 0.15) is 5.01 Å². The second-order valence-corrected chi connectivity index (χ2v) is 4.51. The Balaban J connectivity index is 1.81. The van der Waals surface area contributed by atoms with E-state index in [0.29, 0.717) is 13.0 Å². The zero-order chi connectivity index (χ0) is 10.7. The van der Waals surface area contributed by atoms with E-state index in [2.05, 4.69) is 10.3 Å². The quantitative estimate of drug-likeness (QED) is 0.740. The SMILES string of the molecule is NC1C=CC(C(=O)NCc2nccs2)C1. The third-order valence-corrected chi connectivity index (χ3v) is 3.13. The van der Waals surface area contributed by atoms with Crippen molar-refractivity contribution < 1.29 is 4.79 Å². The molecule has 2 unspecified atom stereocenters. The molecular formula is C10H13N3OS. The largest absolute Gasteiger partial charge is 0.349 e. The molecule has 0 bridgehead atoms. The van der Waals surface area contributed by atoms with Gasteiger partial charge in [-0.15, -0.1) is 11.3 Å². The number of nitrogens with zero attached hydrogens (tertiary/aromatic N) is 1. The highest BCUT2D eigenvalue weighted by Gasteiger charge is 2.22. The molecule has 0 aromatic carbocycles. The Hall–Kier alpha value is -1.20. The van der Waals surface area contributed by atoms with Gasteiger partial charge in [-0.05, 0) is 6.42 Å². The molecule has 0 saturated carbocycles. The lowest BCUT2D eigenvalue weighted by molar-refractivity contribution is -0.123. The molecule has 0 fully saturated rings. The van der Waals surface area contributed by atoms with Crippen LogP contribution in [0.4, 0.5) is 0 Å². The van der Waals surface area contributed by atoms with Crippen LogP contribution in [0.5, 0.6) is 0 Å². The number of carbonyl (C=O) groups is 1. The van der Waals surface area contributed by atoms with E-state index in [4.69, 9.17) is 5.73 Å². The smallest absolute Gasteiger partial charge is 0.227 e. The number of aromatic nitrogens is 1. The number of hydrogen-bond donors (Lipinski definition) is 2. The van der Waals surface area contributed by atoms with Gasteiger partial charge in [-0.1, -0.05) is 12.2 Å². The molecule has 2 atom stereocenters. The van der Waals surface area contributed by atoms with E-state index in [0.717, 1.165) is 5.01 Å². The Bertz CT molecular complexity index is 361. The van der Waals surface area contributed by atoms with Crippen LogP contribution in [-0.2, 0) is 11.3 Å². The van der Waals surface area contributed by atoms with E-state index in [1.807, 2.05) is 17.5 Å². The molecule has 0 spiro atoms. The number of thiazole rings is 1. The van der Waals surface area contributed by atoms with Crippen LogP contribution in [-0.4, -0.2) is 16.9 Å². The van der Waals surface area contributed by atoms with E-state index in [-0.39, 0.29) is 17.9 Å². The maximum atomic E-state index is 11.6. The zero-order valence-electron chi connectivity index (χ0n) is 8.22. The van der Waals surface area contributed by atoms with Gasteiger partial charge in [-0.3, -0.25) is 4.79 Å². The molecule has 4 nitrogen and oxygen atoms in total. The highest BCUT2D eigenvalue weighted by molar-refractivity contribution is 7.09. The first-order valence-electron chi connectivity index (χ1n) is 4.85. The van der Waals surface area contributed by atoms with Crippen molar-refractivity contribution in [1.82, 2.24) is 10.3 Å². The number of nitrogens with one attached hydrogen (secondary N) is 1. The number of hydrogen-bond acceptors (Lipinski definition) is 4. The topological polar surface area (TPSA) is 68.0 Å². The fraction of sp³-hybridized carbons (Fsp3) is 0.400. The second kappa shape index (κ2) is 4.55. The van der Waals surface area contributed by atoms with Crippen LogP contribution in [0.1, 0.15) is 11.4 Å². The molecule has 1 amide bonds. The summed E-state index contributed by atoms with van der Waals surface area (Å²) in [6, 6.07) is 0.0283. The number of nitrogens with two attached hydrogens (primary N) is 1. The molecule has 1 heterocycles. The summed E-state index contributed by atoms with van der Waals surface area (Å²) in [6.07, 6.45) is 6.21. The number of rotatable bonds is 3. The van der Waals surface area contributed by atoms with E-state index in [1.54, 1.807) is 6.20 Å². The lowest BCUT2D eigenvalue weighted by Crippen LogP contribution is -2.30. The minimum Gasteiger partial charge on any atom is -0.349 e. The molecule has 80 valence electrons. The Morgan fingerprint density at radius 3 is 3.13 bits per heavy atom. The fourth-order valence-corrected chi connectivity index (χ4v) is 2.11. The van der Waals surface area contributed by atoms with Gasteiger partial charge in [0.15, 0.2) is 0 Å². The van der Waals surface area contributed by atoms with Crippen molar-refractivity contribution in [3.8, 4) is 0 Å². The summed E-state index contributed by atoms with van der Waals surface area (Å²) in [4.78, 5) is 15.7. The van der Waals surface area contributed by atoms with Crippen molar-refractivity contribution in [2.24, 2.45) is 11.7 Å². The van der Waals surface area contributed by atoms with Crippen molar-refractivity contribution in [2.45, 2.75) is 19.0 Å². The van der Waals surface area contributed by atoms with Crippen molar-refractivity contribution >= 4 is 17.2 Å². The second-order valence-electron chi connectivity index (χ2n) is 3.53. The molecule has 3 N–H and O–H groups in total. The Morgan fingerprint density at radius 2 is 2.53 bits per heavy atom. The number of amides is 1. The third kappa shape index (κ3) is 2.64. The molecule has 1 aliphatic carbocycles. The Kier molecular flexibility index (Phi) is 3.13. The summed E-state index contributed by atoms with van der Waals surface area (Å²) in [6.45, 7) is 0.510. The monoisotopic (exact) mass is 223 g/mol. The van der Waals surface area contributed by atoms with Gasteiger partial charge in [0.2, 0.25) is 5.91 Å². The zero-order valence-corrected chi connectivity index (χ0v) is 9.04. The first kappa shape index (κ1) is 10.3. The maximum absolute atomic E-state index is 11.6. The molecule has 1 aromatic rings. The third-order valence-electron chi connectivity index (χ3n) is 2.35. The van der Waals surface area contributed by atoms with E-state index < -0.39 is 0 Å². The lowest BCUT2D eigenvalue weighted by atomic mass is 10.1. The standard InChI is InChI=1S/C10H13N3OS/c11-8-2-1-7(5-8)10(14)13-6-9-12-3-4-15-9/h1-4,7-8H,5-6,11H2,(H,13,14). The average molecular weight is 223 g/mol. The first-order valence-corrected chi connectivity index (χ1v) is 5.73. The van der Waals surface area contributed by atoms with Crippen LogP contribution >= 0.6 is 11.3 Å². The Morgan fingerprint density at radius 1 is 1.67 bits per heavy atom. The molecule has 2 rings (SSSR count). The molecular weight excluding hydrogens is 210 g/mol. The molecule has 15 heavy (non-hydrogen) atoms. The summed E-state index contributed by atoms with van der Waals surface area (Å²) in [7, 11) is 0. The summed E-state index contributed by atoms with van der Waals surface area (Å²) in [5, 5.41) is 5.67. The van der Waals surface area contributed by atoms with Crippen molar-refractivity contribution in [3.05, 3.63) is 28.7 Å². The van der Waals surface area contributed by atoms with Crippen LogP contribution < -0.4 is 11.1 Å². The summed E-state index contributed by atoms with van der Waals surface area (Å²) >= 11 is 1.54. The molecule has 0 aliphatic heterocycles. The van der Waals surface area contributed by atoms with Gasteiger partial charge < -0.3 is 11.1 Å². The van der Waals surface area contributed by atoms with Crippen LogP contribution in [0.2, 0.25) is 0 Å². The van der Waals surface area contributed by atoms with Crippen LogP contribution in [0.25, 0.3) is 0 Å². The highest BCUT2D eigenvalue weighted by Crippen LogP contribution is 2.16. The molecule has 1 aromatic heterocycles. The molecule has 0 radical (unpaired) electrons. The number of carbonyl (C=O) groups excluding carboxylic acids is 1. The molecule has 0 saturated heterocycles. The summed E-state index contributed by atoms with van der Waals surface area (Å²) in [5.41, 5.74) is 5.68. The van der Waals surface area contributed by atoms with Gasteiger partial charge in [0.05, 0.1) is 12.5 Å². The van der Waals surface area contributed by atoms with Crippen LogP contribution in [0, 0.1) is 5.92 Å². The van der Waals surface area contributed by atoms with Crippen LogP contribution in [0.3, 0.4) is 0 Å². The van der Waals surface area contributed by atoms with Crippen molar-refractivity contribution in [1.29, 1.82) is 0 Å². The molecule has 1 aliphatic rings.